The van der Waals surface area contributed by atoms with Gasteiger partial charge in [0.25, 0.3) is 0 Å². The molecule has 0 aromatic heterocycles. The number of benzene rings is 1. The summed E-state index contributed by atoms with van der Waals surface area (Å²) in [5, 5.41) is 6.80. The maximum Gasteiger partial charge on any atom is 0.191 e. The van der Waals surface area contributed by atoms with Crippen LogP contribution in [-0.2, 0) is 9.47 Å². The second-order valence-corrected chi connectivity index (χ2v) is 7.67. The molecule has 1 aromatic carbocycles. The second-order valence-electron chi connectivity index (χ2n) is 7.67. The summed E-state index contributed by atoms with van der Waals surface area (Å²) >= 11 is 0. The zero-order chi connectivity index (χ0) is 21.0. The quantitative estimate of drug-likeness (QED) is 0.213. The van der Waals surface area contributed by atoms with Crippen LogP contribution in [-0.4, -0.2) is 94.5 Å². The first-order chi connectivity index (χ1) is 14.8. The lowest BCUT2D eigenvalue weighted by molar-refractivity contribution is 0.0179. The van der Waals surface area contributed by atoms with Crippen molar-refractivity contribution >= 4 is 29.9 Å². The summed E-state index contributed by atoms with van der Waals surface area (Å²) < 4.78 is 24.3. The second kappa shape index (κ2) is 14.9. The molecular formula is C22H37FIN5O2. The fourth-order valence-electron chi connectivity index (χ4n) is 3.86. The molecular weight excluding hydrogens is 512 g/mol. The fraction of sp³-hybridized carbons (Fsp3) is 0.682. The van der Waals surface area contributed by atoms with Crippen molar-refractivity contribution in [2.75, 3.05) is 78.8 Å². The molecule has 2 fully saturated rings. The van der Waals surface area contributed by atoms with E-state index in [-0.39, 0.29) is 35.8 Å². The van der Waals surface area contributed by atoms with Gasteiger partial charge in [0.05, 0.1) is 39.0 Å². The van der Waals surface area contributed by atoms with Crippen molar-refractivity contribution in [2.45, 2.75) is 19.4 Å². The zero-order valence-electron chi connectivity index (χ0n) is 18.5. The number of ether oxygens (including phenoxy) is 2. The number of nitrogens with one attached hydrogen (secondary N) is 2. The van der Waals surface area contributed by atoms with Crippen LogP contribution in [0.4, 0.5) is 4.39 Å². The molecule has 2 aliphatic heterocycles. The zero-order valence-corrected chi connectivity index (χ0v) is 20.9. The van der Waals surface area contributed by atoms with E-state index < -0.39 is 0 Å². The van der Waals surface area contributed by atoms with Gasteiger partial charge in [-0.1, -0.05) is 12.1 Å². The lowest BCUT2D eigenvalue weighted by Crippen LogP contribution is -2.42. The van der Waals surface area contributed by atoms with E-state index in [1.165, 1.54) is 12.1 Å². The Balaban J connectivity index is 0.00000341. The largest absolute Gasteiger partial charge is 0.379 e. The topological polar surface area (TPSA) is 61.4 Å². The molecule has 7 nitrogen and oxygen atoms in total. The van der Waals surface area contributed by atoms with Crippen molar-refractivity contribution in [2.24, 2.45) is 4.99 Å². The highest BCUT2D eigenvalue weighted by atomic mass is 127. The molecule has 1 atom stereocenters. The molecule has 1 aromatic rings. The Morgan fingerprint density at radius 1 is 1.03 bits per heavy atom. The van der Waals surface area contributed by atoms with Crippen LogP contribution < -0.4 is 10.6 Å². The first-order valence-electron chi connectivity index (χ1n) is 11.2. The number of nitrogens with zero attached hydrogens (tertiary/aromatic N) is 3. The van der Waals surface area contributed by atoms with E-state index in [2.05, 4.69) is 27.4 Å². The third-order valence-corrected chi connectivity index (χ3v) is 5.56. The summed E-state index contributed by atoms with van der Waals surface area (Å²) in [4.78, 5) is 9.68. The molecule has 0 amide bonds. The van der Waals surface area contributed by atoms with Gasteiger partial charge in [0, 0.05) is 39.3 Å². The number of morpholine rings is 2. The monoisotopic (exact) mass is 549 g/mol. The highest BCUT2D eigenvalue weighted by Gasteiger charge is 2.22. The van der Waals surface area contributed by atoms with E-state index in [0.717, 1.165) is 90.2 Å². The summed E-state index contributed by atoms with van der Waals surface area (Å²) in [6.07, 6.45) is 1.06. The lowest BCUT2D eigenvalue weighted by Gasteiger charge is -2.34. The number of aliphatic imine (C=N–C) groups is 1. The van der Waals surface area contributed by atoms with Crippen molar-refractivity contribution in [3.8, 4) is 0 Å². The number of hydrogen-bond donors (Lipinski definition) is 2. The van der Waals surface area contributed by atoms with Gasteiger partial charge in [-0.15, -0.1) is 24.0 Å². The van der Waals surface area contributed by atoms with Gasteiger partial charge < -0.3 is 20.1 Å². The molecule has 0 radical (unpaired) electrons. The Bertz CT molecular complexity index is 637. The maximum atomic E-state index is 13.4. The minimum absolute atomic E-state index is 0. The molecule has 2 N–H and O–H groups in total. The maximum absolute atomic E-state index is 13.4. The number of rotatable bonds is 9. The van der Waals surface area contributed by atoms with Crippen LogP contribution in [0.2, 0.25) is 0 Å². The Morgan fingerprint density at radius 2 is 1.68 bits per heavy atom. The molecule has 1 unspecified atom stereocenters. The van der Waals surface area contributed by atoms with Crippen LogP contribution in [0.3, 0.4) is 0 Å². The molecule has 0 aliphatic carbocycles. The average Bonchev–Trinajstić information content (AvgIpc) is 2.79. The molecule has 9 heteroatoms. The summed E-state index contributed by atoms with van der Waals surface area (Å²) in [6, 6.07) is 6.91. The standard InChI is InChI=1S/C22H36FN5O2.HI/c1-2-24-22(25-8-3-9-27-10-14-29-15-11-27)26-18-21(28-12-16-30-17-13-28)19-4-6-20(23)7-5-19;/h4-7,21H,2-3,8-18H2,1H3,(H2,24,25,26);1H. The van der Waals surface area contributed by atoms with Crippen LogP contribution in [0.1, 0.15) is 24.9 Å². The highest BCUT2D eigenvalue weighted by molar-refractivity contribution is 14.0. The predicted molar refractivity (Wildman–Crippen MR) is 133 cm³/mol. The molecule has 0 bridgehead atoms. The van der Waals surface area contributed by atoms with E-state index in [4.69, 9.17) is 14.5 Å². The van der Waals surface area contributed by atoms with Crippen LogP contribution in [0.15, 0.2) is 29.3 Å². The van der Waals surface area contributed by atoms with Crippen molar-refractivity contribution in [3.63, 3.8) is 0 Å². The third-order valence-electron chi connectivity index (χ3n) is 5.56. The summed E-state index contributed by atoms with van der Waals surface area (Å²) in [5.41, 5.74) is 1.09. The number of hydrogen-bond acceptors (Lipinski definition) is 5. The first-order valence-corrected chi connectivity index (χ1v) is 11.2. The SMILES string of the molecule is CCNC(=NCC(c1ccc(F)cc1)N1CCOCC1)NCCCN1CCOCC1.I. The summed E-state index contributed by atoms with van der Waals surface area (Å²) in [7, 11) is 0. The van der Waals surface area contributed by atoms with Gasteiger partial charge in [-0.3, -0.25) is 14.8 Å². The fourth-order valence-corrected chi connectivity index (χ4v) is 3.86. The summed E-state index contributed by atoms with van der Waals surface area (Å²) in [5.74, 6) is 0.623. The van der Waals surface area contributed by atoms with Crippen LogP contribution in [0.5, 0.6) is 0 Å². The van der Waals surface area contributed by atoms with Gasteiger partial charge in [-0.25, -0.2) is 4.39 Å². The normalized spacial score (nSPS) is 19.5. The molecule has 176 valence electrons. The van der Waals surface area contributed by atoms with E-state index >= 15 is 0 Å². The van der Waals surface area contributed by atoms with Gasteiger partial charge >= 0.3 is 0 Å². The van der Waals surface area contributed by atoms with Gasteiger partial charge in [0.15, 0.2) is 5.96 Å². The molecule has 0 saturated carbocycles. The van der Waals surface area contributed by atoms with Crippen molar-refractivity contribution in [1.29, 1.82) is 0 Å². The molecule has 2 saturated heterocycles. The molecule has 3 rings (SSSR count). The Kier molecular flexibility index (Phi) is 12.6. The predicted octanol–water partition coefficient (Wildman–Crippen LogP) is 2.09. The first kappa shape index (κ1) is 26.2. The minimum atomic E-state index is -0.210. The van der Waals surface area contributed by atoms with Crippen LogP contribution in [0.25, 0.3) is 0 Å². The van der Waals surface area contributed by atoms with Crippen molar-refractivity contribution < 1.29 is 13.9 Å². The smallest absolute Gasteiger partial charge is 0.191 e. The number of halogens is 2. The van der Waals surface area contributed by atoms with Crippen molar-refractivity contribution in [1.82, 2.24) is 20.4 Å². The summed E-state index contributed by atoms with van der Waals surface area (Å²) in [6.45, 7) is 12.3. The molecule has 2 heterocycles. The molecule has 31 heavy (non-hydrogen) atoms. The van der Waals surface area contributed by atoms with E-state index in [0.29, 0.717) is 6.54 Å². The third kappa shape index (κ3) is 9.17. The minimum Gasteiger partial charge on any atom is -0.379 e. The van der Waals surface area contributed by atoms with Crippen LogP contribution in [0, 0.1) is 5.82 Å². The van der Waals surface area contributed by atoms with Gasteiger partial charge in [-0.05, 0) is 37.6 Å². The highest BCUT2D eigenvalue weighted by Crippen LogP contribution is 2.22. The van der Waals surface area contributed by atoms with Gasteiger partial charge in [0.1, 0.15) is 5.82 Å². The number of guanidine groups is 1. The molecule has 2 aliphatic rings. The average molecular weight is 549 g/mol. The molecule has 0 spiro atoms. The Hall–Kier alpha value is -1.01. The Morgan fingerprint density at radius 3 is 2.32 bits per heavy atom. The van der Waals surface area contributed by atoms with Gasteiger partial charge in [-0.2, -0.15) is 0 Å². The lowest BCUT2D eigenvalue weighted by atomic mass is 10.0. The van der Waals surface area contributed by atoms with E-state index in [1.807, 2.05) is 12.1 Å². The van der Waals surface area contributed by atoms with Crippen LogP contribution >= 0.6 is 24.0 Å². The van der Waals surface area contributed by atoms with Crippen molar-refractivity contribution in [3.05, 3.63) is 35.6 Å². The Labute approximate surface area is 202 Å². The van der Waals surface area contributed by atoms with Gasteiger partial charge in [0.2, 0.25) is 0 Å². The van der Waals surface area contributed by atoms with E-state index in [9.17, 15) is 4.39 Å². The van der Waals surface area contributed by atoms with E-state index in [1.54, 1.807) is 0 Å².